The number of nitrogens with one attached hydrogen (secondary N) is 1. The topological polar surface area (TPSA) is 46.5 Å². The van der Waals surface area contributed by atoms with Gasteiger partial charge in [0.25, 0.3) is 0 Å². The van der Waals surface area contributed by atoms with Crippen molar-refractivity contribution >= 4 is 17.0 Å². The van der Waals surface area contributed by atoms with Crippen LogP contribution in [0.1, 0.15) is 29.0 Å². The number of fused-ring (bicyclic) bond motifs is 2. The van der Waals surface area contributed by atoms with Gasteiger partial charge in [0.05, 0.1) is 0 Å². The molecule has 3 atom stereocenters. The van der Waals surface area contributed by atoms with Crippen molar-refractivity contribution in [1.82, 2.24) is 14.8 Å². The van der Waals surface area contributed by atoms with Crippen LogP contribution in [-0.2, 0) is 24.8 Å². The lowest BCUT2D eigenvalue weighted by Crippen LogP contribution is -2.50. The van der Waals surface area contributed by atoms with Gasteiger partial charge in [-0.05, 0) is 48.6 Å². The molecule has 30 heavy (non-hydrogen) atoms. The molecule has 1 saturated heterocycles. The fourth-order valence-corrected chi connectivity index (χ4v) is 5.48. The van der Waals surface area contributed by atoms with Crippen LogP contribution in [0.2, 0.25) is 0 Å². The molecule has 5 heteroatoms. The largest absolute Gasteiger partial charge is 0.445 e. The highest BCUT2D eigenvalue weighted by Gasteiger charge is 2.39. The summed E-state index contributed by atoms with van der Waals surface area (Å²) < 4.78 is 7.64. The van der Waals surface area contributed by atoms with Crippen LogP contribution >= 0.6 is 0 Å². The number of aromatic nitrogens is 1. The van der Waals surface area contributed by atoms with Crippen LogP contribution in [0, 0.1) is 5.92 Å². The Bertz CT molecular complexity index is 1060. The molecule has 0 spiro atoms. The van der Waals surface area contributed by atoms with E-state index in [4.69, 9.17) is 4.74 Å². The number of benzene rings is 2. The van der Waals surface area contributed by atoms with E-state index in [0.29, 0.717) is 31.0 Å². The van der Waals surface area contributed by atoms with Gasteiger partial charge in [0.1, 0.15) is 6.61 Å². The standard InChI is InChI=1S/C25H29N3O2/c1-27-14-18(13-26-25(29)30-16-17-7-4-3-5-8-17)11-21-20-9-6-10-22-24(20)19(12-23(21)27)15-28(22)2/h3-10,15,18,21,23H,11-14,16H2,1-2H3,(H,26,29)/t18-,21?,23?/m0/s1. The van der Waals surface area contributed by atoms with Crippen molar-refractivity contribution in [1.29, 1.82) is 0 Å². The van der Waals surface area contributed by atoms with E-state index >= 15 is 0 Å². The monoisotopic (exact) mass is 403 g/mol. The number of hydrogen-bond acceptors (Lipinski definition) is 3. The van der Waals surface area contributed by atoms with Crippen LogP contribution in [0.4, 0.5) is 4.79 Å². The second-order valence-electron chi connectivity index (χ2n) is 8.87. The Kier molecular flexibility index (Phi) is 4.99. The van der Waals surface area contributed by atoms with Crippen molar-refractivity contribution in [3.8, 4) is 0 Å². The molecule has 0 bridgehead atoms. The Hall–Kier alpha value is -2.79. The van der Waals surface area contributed by atoms with Gasteiger partial charge in [0, 0.05) is 49.2 Å². The Morgan fingerprint density at radius 2 is 1.97 bits per heavy atom. The fraction of sp³-hybridized carbons (Fsp3) is 0.400. The summed E-state index contributed by atoms with van der Waals surface area (Å²) in [4.78, 5) is 14.7. The van der Waals surface area contributed by atoms with Crippen molar-refractivity contribution in [3.63, 3.8) is 0 Å². The van der Waals surface area contributed by atoms with E-state index in [1.54, 1.807) is 0 Å². The number of ether oxygens (including phenoxy) is 1. The molecule has 156 valence electrons. The number of alkyl carbamates (subject to hydrolysis) is 1. The van der Waals surface area contributed by atoms with Gasteiger partial charge >= 0.3 is 6.09 Å². The number of rotatable bonds is 4. The number of nitrogens with zero attached hydrogens (tertiary/aromatic N) is 2. The molecule has 2 unspecified atom stereocenters. The molecule has 0 saturated carbocycles. The maximum absolute atomic E-state index is 12.2. The summed E-state index contributed by atoms with van der Waals surface area (Å²) in [5, 5.41) is 4.44. The maximum Gasteiger partial charge on any atom is 0.407 e. The predicted octanol–water partition coefficient (Wildman–Crippen LogP) is 4.06. The van der Waals surface area contributed by atoms with Crippen molar-refractivity contribution in [2.75, 3.05) is 20.1 Å². The maximum atomic E-state index is 12.2. The Morgan fingerprint density at radius 3 is 2.80 bits per heavy atom. The second kappa shape index (κ2) is 7.80. The van der Waals surface area contributed by atoms with Gasteiger partial charge in [-0.2, -0.15) is 0 Å². The number of likely N-dealkylation sites (N-methyl/N-ethyl adjacent to an activating group) is 1. The number of likely N-dealkylation sites (tertiary alicyclic amines) is 1. The molecule has 2 aromatic carbocycles. The summed E-state index contributed by atoms with van der Waals surface area (Å²) in [6.07, 6.45) is 4.17. The first-order valence-electron chi connectivity index (χ1n) is 10.8. The summed E-state index contributed by atoms with van der Waals surface area (Å²) in [6.45, 7) is 1.96. The van der Waals surface area contributed by atoms with E-state index in [1.807, 2.05) is 30.3 Å². The summed E-state index contributed by atoms with van der Waals surface area (Å²) in [7, 11) is 4.37. The van der Waals surface area contributed by atoms with Crippen LogP contribution < -0.4 is 5.32 Å². The first-order chi connectivity index (χ1) is 14.6. The Labute approximate surface area is 177 Å². The highest BCUT2D eigenvalue weighted by atomic mass is 16.5. The molecule has 2 heterocycles. The number of carbonyl (C=O) groups excluding carboxylic acids is 1. The SMILES string of the molecule is CN1C[C@H](CNC(=O)OCc2ccccc2)CC2c3cccc4c3c(cn4C)CC21. The smallest absolute Gasteiger partial charge is 0.407 e. The van der Waals surface area contributed by atoms with Crippen molar-refractivity contribution in [2.24, 2.45) is 13.0 Å². The van der Waals surface area contributed by atoms with E-state index in [9.17, 15) is 4.79 Å². The second-order valence-corrected chi connectivity index (χ2v) is 8.87. The molecule has 1 aromatic heterocycles. The van der Waals surface area contributed by atoms with Crippen LogP contribution in [0.5, 0.6) is 0 Å². The summed E-state index contributed by atoms with van der Waals surface area (Å²) in [5.41, 5.74) is 5.27. The fourth-order valence-electron chi connectivity index (χ4n) is 5.48. The van der Waals surface area contributed by atoms with Gasteiger partial charge in [0.15, 0.2) is 0 Å². The van der Waals surface area contributed by atoms with Crippen LogP contribution in [0.3, 0.4) is 0 Å². The molecule has 1 aliphatic heterocycles. The van der Waals surface area contributed by atoms with Gasteiger partial charge in [-0.15, -0.1) is 0 Å². The van der Waals surface area contributed by atoms with E-state index in [0.717, 1.165) is 24.9 Å². The van der Waals surface area contributed by atoms with Crippen LogP contribution in [0.25, 0.3) is 10.9 Å². The highest BCUT2D eigenvalue weighted by molar-refractivity contribution is 5.89. The summed E-state index contributed by atoms with van der Waals surface area (Å²) >= 11 is 0. The number of amides is 1. The van der Waals surface area contributed by atoms with Gasteiger partial charge in [-0.25, -0.2) is 4.79 Å². The zero-order valence-corrected chi connectivity index (χ0v) is 17.7. The number of hydrogen-bond donors (Lipinski definition) is 1. The average molecular weight is 404 g/mol. The van der Waals surface area contributed by atoms with Gasteiger partial charge in [-0.1, -0.05) is 42.5 Å². The van der Waals surface area contributed by atoms with E-state index in [-0.39, 0.29) is 6.09 Å². The van der Waals surface area contributed by atoms with Crippen molar-refractivity contribution in [2.45, 2.75) is 31.4 Å². The summed E-state index contributed by atoms with van der Waals surface area (Å²) in [6, 6.07) is 17.0. The highest BCUT2D eigenvalue weighted by Crippen LogP contribution is 2.44. The molecule has 1 N–H and O–H groups in total. The zero-order chi connectivity index (χ0) is 20.7. The minimum atomic E-state index is -0.334. The quantitative estimate of drug-likeness (QED) is 0.714. The third kappa shape index (κ3) is 3.47. The third-order valence-electron chi connectivity index (χ3n) is 6.87. The molecular formula is C25H29N3O2. The molecule has 1 amide bonds. The molecule has 5 rings (SSSR count). The van der Waals surface area contributed by atoms with Crippen molar-refractivity contribution in [3.05, 3.63) is 71.4 Å². The lowest BCUT2D eigenvalue weighted by molar-refractivity contribution is 0.104. The minimum Gasteiger partial charge on any atom is -0.445 e. The lowest BCUT2D eigenvalue weighted by Gasteiger charge is -2.45. The Morgan fingerprint density at radius 1 is 1.13 bits per heavy atom. The van der Waals surface area contributed by atoms with Gasteiger partial charge in [0.2, 0.25) is 0 Å². The number of carbonyl (C=O) groups is 1. The van der Waals surface area contributed by atoms with E-state index < -0.39 is 0 Å². The minimum absolute atomic E-state index is 0.306. The first-order valence-corrected chi connectivity index (χ1v) is 10.8. The third-order valence-corrected chi connectivity index (χ3v) is 6.87. The zero-order valence-electron chi connectivity index (χ0n) is 17.7. The average Bonchev–Trinajstić information content (AvgIpc) is 3.09. The number of aryl methyl sites for hydroxylation is 1. The molecule has 3 aromatic rings. The normalized spacial score (nSPS) is 23.2. The van der Waals surface area contributed by atoms with Gasteiger partial charge in [-0.3, -0.25) is 0 Å². The van der Waals surface area contributed by atoms with E-state index in [2.05, 4.69) is 53.3 Å². The van der Waals surface area contributed by atoms with Crippen molar-refractivity contribution < 1.29 is 9.53 Å². The van der Waals surface area contributed by atoms with E-state index in [1.165, 1.54) is 22.0 Å². The molecule has 1 aliphatic carbocycles. The lowest BCUT2D eigenvalue weighted by atomic mass is 9.72. The molecule has 2 aliphatic rings. The van der Waals surface area contributed by atoms with Gasteiger partial charge < -0.3 is 19.5 Å². The Balaban J connectivity index is 1.25. The predicted molar refractivity (Wildman–Crippen MR) is 119 cm³/mol. The molecule has 0 radical (unpaired) electrons. The summed E-state index contributed by atoms with van der Waals surface area (Å²) in [5.74, 6) is 0.926. The molecule has 5 nitrogen and oxygen atoms in total. The molecular weight excluding hydrogens is 374 g/mol. The first kappa shape index (κ1) is 19.2. The number of piperidine rings is 1. The molecule has 1 fully saturated rings. The van der Waals surface area contributed by atoms with Crippen LogP contribution in [0.15, 0.2) is 54.7 Å². The van der Waals surface area contributed by atoms with Crippen LogP contribution in [-0.4, -0.2) is 41.7 Å².